The van der Waals surface area contributed by atoms with Gasteiger partial charge in [-0.3, -0.25) is 9.69 Å². The second kappa shape index (κ2) is 5.72. The number of aromatic nitrogens is 1. The molecule has 2 aromatic rings. The van der Waals surface area contributed by atoms with Crippen LogP contribution < -0.4 is 5.32 Å². The highest BCUT2D eigenvalue weighted by Crippen LogP contribution is 2.18. The SMILES string of the molecule is Cc1ccc(/C=C2\NC(=O)N(Cc3ccc(F)cc3)C2=O)n1C. The standard InChI is InChI=1S/C17H16FN3O2/c1-11-3-8-14(20(11)2)9-15-16(22)21(17(23)19-15)10-12-4-6-13(18)7-5-12/h3-9H,10H2,1-2H3,(H,19,23)/b15-9-. The van der Waals surface area contributed by atoms with Crippen LogP contribution in [0.25, 0.3) is 6.08 Å². The van der Waals surface area contributed by atoms with Crippen LogP contribution in [0.5, 0.6) is 0 Å². The van der Waals surface area contributed by atoms with Gasteiger partial charge in [0.2, 0.25) is 0 Å². The highest BCUT2D eigenvalue weighted by molar-refractivity contribution is 6.13. The number of imide groups is 1. The molecule has 0 unspecified atom stereocenters. The molecule has 3 amide bonds. The molecule has 0 spiro atoms. The number of hydrogen-bond donors (Lipinski definition) is 1. The molecule has 118 valence electrons. The summed E-state index contributed by atoms with van der Waals surface area (Å²) < 4.78 is 14.9. The quantitative estimate of drug-likeness (QED) is 0.699. The third-order valence-corrected chi connectivity index (χ3v) is 3.92. The predicted octanol–water partition coefficient (Wildman–Crippen LogP) is 2.57. The van der Waals surface area contributed by atoms with Crippen molar-refractivity contribution in [3.63, 3.8) is 0 Å². The maximum Gasteiger partial charge on any atom is 0.329 e. The Labute approximate surface area is 133 Å². The van der Waals surface area contributed by atoms with E-state index < -0.39 is 11.9 Å². The van der Waals surface area contributed by atoms with Crippen LogP contribution in [0.3, 0.4) is 0 Å². The van der Waals surface area contributed by atoms with E-state index in [4.69, 9.17) is 0 Å². The summed E-state index contributed by atoms with van der Waals surface area (Å²) in [6.07, 6.45) is 1.65. The number of nitrogens with zero attached hydrogens (tertiary/aromatic N) is 2. The molecule has 3 rings (SSSR count). The molecular formula is C17H16FN3O2. The van der Waals surface area contributed by atoms with Gasteiger partial charge in [-0.25, -0.2) is 9.18 Å². The number of carbonyl (C=O) groups is 2. The first-order valence-corrected chi connectivity index (χ1v) is 7.17. The smallest absolute Gasteiger partial charge is 0.329 e. The van der Waals surface area contributed by atoms with E-state index in [1.165, 1.54) is 12.1 Å². The normalized spacial score (nSPS) is 16.3. The second-order valence-corrected chi connectivity index (χ2v) is 5.46. The highest BCUT2D eigenvalue weighted by atomic mass is 19.1. The summed E-state index contributed by atoms with van der Waals surface area (Å²) in [7, 11) is 1.89. The summed E-state index contributed by atoms with van der Waals surface area (Å²) in [6, 6.07) is 9.05. The van der Waals surface area contributed by atoms with E-state index >= 15 is 0 Å². The lowest BCUT2D eigenvalue weighted by atomic mass is 10.2. The number of nitrogens with one attached hydrogen (secondary N) is 1. The molecule has 1 aliphatic rings. The van der Waals surface area contributed by atoms with Crippen molar-refractivity contribution in [2.45, 2.75) is 13.5 Å². The summed E-state index contributed by atoms with van der Waals surface area (Å²) in [5.41, 5.74) is 2.80. The summed E-state index contributed by atoms with van der Waals surface area (Å²) >= 11 is 0. The van der Waals surface area contributed by atoms with E-state index in [0.717, 1.165) is 16.3 Å². The molecule has 0 saturated carbocycles. The van der Waals surface area contributed by atoms with Crippen molar-refractivity contribution in [2.24, 2.45) is 7.05 Å². The fourth-order valence-electron chi connectivity index (χ4n) is 2.41. The van der Waals surface area contributed by atoms with Crippen LogP contribution in [0, 0.1) is 12.7 Å². The van der Waals surface area contributed by atoms with Crippen molar-refractivity contribution < 1.29 is 14.0 Å². The highest BCUT2D eigenvalue weighted by Gasteiger charge is 2.33. The topological polar surface area (TPSA) is 54.3 Å². The summed E-state index contributed by atoms with van der Waals surface area (Å²) in [6.45, 7) is 2.06. The van der Waals surface area contributed by atoms with Gasteiger partial charge in [0.15, 0.2) is 0 Å². The van der Waals surface area contributed by atoms with Crippen molar-refractivity contribution >= 4 is 18.0 Å². The second-order valence-electron chi connectivity index (χ2n) is 5.46. The predicted molar refractivity (Wildman–Crippen MR) is 83.6 cm³/mol. The first-order valence-electron chi connectivity index (χ1n) is 7.17. The van der Waals surface area contributed by atoms with Gasteiger partial charge >= 0.3 is 6.03 Å². The number of urea groups is 1. The number of aryl methyl sites for hydroxylation is 1. The van der Waals surface area contributed by atoms with E-state index in [0.29, 0.717) is 5.56 Å². The van der Waals surface area contributed by atoms with Gasteiger partial charge < -0.3 is 9.88 Å². The molecule has 23 heavy (non-hydrogen) atoms. The molecular weight excluding hydrogens is 297 g/mol. The number of carbonyl (C=O) groups excluding carboxylic acids is 2. The van der Waals surface area contributed by atoms with Crippen LogP contribution in [-0.2, 0) is 18.4 Å². The van der Waals surface area contributed by atoms with E-state index in [2.05, 4.69) is 5.32 Å². The van der Waals surface area contributed by atoms with Crippen LogP contribution >= 0.6 is 0 Å². The van der Waals surface area contributed by atoms with Crippen molar-refractivity contribution in [3.8, 4) is 0 Å². The number of hydrogen-bond acceptors (Lipinski definition) is 2. The van der Waals surface area contributed by atoms with Crippen molar-refractivity contribution in [2.75, 3.05) is 0 Å². The lowest BCUT2D eigenvalue weighted by Crippen LogP contribution is -2.30. The fraction of sp³-hybridized carbons (Fsp3) is 0.176. The number of benzene rings is 1. The summed E-state index contributed by atoms with van der Waals surface area (Å²) in [5, 5.41) is 2.58. The molecule has 0 bridgehead atoms. The van der Waals surface area contributed by atoms with Gasteiger partial charge in [0.25, 0.3) is 5.91 Å². The minimum Gasteiger partial charge on any atom is -0.348 e. The Hall–Kier alpha value is -2.89. The first-order chi connectivity index (χ1) is 11.0. The van der Waals surface area contributed by atoms with Crippen molar-refractivity contribution in [1.82, 2.24) is 14.8 Å². The Morgan fingerprint density at radius 1 is 1.13 bits per heavy atom. The molecule has 2 heterocycles. The maximum absolute atomic E-state index is 12.9. The number of halogens is 1. The maximum atomic E-state index is 12.9. The van der Waals surface area contributed by atoms with Crippen LogP contribution in [0.2, 0.25) is 0 Å². The van der Waals surface area contributed by atoms with E-state index in [9.17, 15) is 14.0 Å². The third kappa shape index (κ3) is 2.88. The summed E-state index contributed by atoms with van der Waals surface area (Å²) in [4.78, 5) is 25.5. The van der Waals surface area contributed by atoms with Gasteiger partial charge in [0.1, 0.15) is 11.5 Å². The zero-order chi connectivity index (χ0) is 16.6. The Balaban J connectivity index is 1.82. The number of amides is 3. The largest absolute Gasteiger partial charge is 0.348 e. The average Bonchev–Trinajstić information content (AvgIpc) is 2.97. The van der Waals surface area contributed by atoms with Crippen LogP contribution in [0.15, 0.2) is 42.1 Å². The van der Waals surface area contributed by atoms with E-state index in [1.807, 2.05) is 30.7 Å². The van der Waals surface area contributed by atoms with Gasteiger partial charge in [-0.15, -0.1) is 0 Å². The van der Waals surface area contributed by atoms with Crippen LogP contribution in [0.1, 0.15) is 17.0 Å². The summed E-state index contributed by atoms with van der Waals surface area (Å²) in [5.74, 6) is -0.746. The molecule has 1 aromatic carbocycles. The van der Waals surface area contributed by atoms with Crippen LogP contribution in [-0.4, -0.2) is 21.4 Å². The van der Waals surface area contributed by atoms with E-state index in [-0.39, 0.29) is 18.1 Å². The van der Waals surface area contributed by atoms with E-state index in [1.54, 1.807) is 18.2 Å². The lowest BCUT2D eigenvalue weighted by molar-refractivity contribution is -0.123. The van der Waals surface area contributed by atoms with Gasteiger partial charge in [0.05, 0.1) is 6.54 Å². The molecule has 1 aliphatic heterocycles. The Morgan fingerprint density at radius 2 is 1.83 bits per heavy atom. The molecule has 1 saturated heterocycles. The van der Waals surface area contributed by atoms with Crippen LogP contribution in [0.4, 0.5) is 9.18 Å². The molecule has 0 radical (unpaired) electrons. The molecule has 1 N–H and O–H groups in total. The molecule has 1 fully saturated rings. The Morgan fingerprint density at radius 3 is 2.43 bits per heavy atom. The van der Waals surface area contributed by atoms with Crippen molar-refractivity contribution in [1.29, 1.82) is 0 Å². The average molecular weight is 313 g/mol. The Bertz CT molecular complexity index is 806. The molecule has 0 aliphatic carbocycles. The molecule has 5 nitrogen and oxygen atoms in total. The minimum absolute atomic E-state index is 0.106. The molecule has 6 heteroatoms. The zero-order valence-electron chi connectivity index (χ0n) is 12.8. The monoisotopic (exact) mass is 313 g/mol. The van der Waals surface area contributed by atoms with Crippen molar-refractivity contribution in [3.05, 3.63) is 64.9 Å². The van der Waals surface area contributed by atoms with Gasteiger partial charge in [-0.2, -0.15) is 0 Å². The van der Waals surface area contributed by atoms with Gasteiger partial charge in [-0.05, 0) is 42.8 Å². The number of rotatable bonds is 3. The lowest BCUT2D eigenvalue weighted by Gasteiger charge is -2.11. The Kier molecular flexibility index (Phi) is 3.73. The first kappa shape index (κ1) is 15.0. The zero-order valence-corrected chi connectivity index (χ0v) is 12.8. The molecule has 0 atom stereocenters. The van der Waals surface area contributed by atoms with Gasteiger partial charge in [-0.1, -0.05) is 12.1 Å². The van der Waals surface area contributed by atoms with Gasteiger partial charge in [0, 0.05) is 18.4 Å². The molecule has 1 aromatic heterocycles. The minimum atomic E-state index is -0.475. The fourth-order valence-corrected chi connectivity index (χ4v) is 2.41. The third-order valence-electron chi connectivity index (χ3n) is 3.92.